The van der Waals surface area contributed by atoms with Gasteiger partial charge in [0.1, 0.15) is 11.6 Å². The molecule has 0 heterocycles. The predicted octanol–water partition coefficient (Wildman–Crippen LogP) is 3.63. The Kier molecular flexibility index (Phi) is 6.47. The van der Waals surface area contributed by atoms with E-state index in [2.05, 4.69) is 10.6 Å². The van der Waals surface area contributed by atoms with Gasteiger partial charge in [-0.2, -0.15) is 0 Å². The molecule has 0 aromatic heterocycles. The number of carbonyl (C=O) groups is 1. The normalized spacial score (nSPS) is 13.4. The molecule has 2 rings (SSSR count). The lowest BCUT2D eigenvalue weighted by Crippen LogP contribution is -2.41. The van der Waals surface area contributed by atoms with E-state index in [1.54, 1.807) is 18.2 Å². The minimum atomic E-state index is -0.333. The van der Waals surface area contributed by atoms with Crippen LogP contribution in [0.1, 0.15) is 30.1 Å². The zero-order chi connectivity index (χ0) is 18.4. The smallest absolute Gasteiger partial charge is 0.315 e. The molecule has 2 aromatic carbocycles. The van der Waals surface area contributed by atoms with E-state index in [4.69, 9.17) is 0 Å². The highest BCUT2D eigenvalue weighted by atomic mass is 19.1. The van der Waals surface area contributed by atoms with Gasteiger partial charge in [-0.25, -0.2) is 13.6 Å². The molecule has 0 bridgehead atoms. The van der Waals surface area contributed by atoms with Gasteiger partial charge in [0, 0.05) is 6.54 Å². The molecule has 4 nitrogen and oxygen atoms in total. The van der Waals surface area contributed by atoms with Gasteiger partial charge in [0.15, 0.2) is 0 Å². The van der Waals surface area contributed by atoms with Crippen molar-refractivity contribution in [3.63, 3.8) is 0 Å². The van der Waals surface area contributed by atoms with Crippen molar-refractivity contribution in [3.8, 4) is 0 Å². The van der Waals surface area contributed by atoms with Gasteiger partial charge in [0.05, 0.1) is 12.1 Å². The first-order chi connectivity index (χ1) is 11.9. The summed E-state index contributed by atoms with van der Waals surface area (Å²) in [5.74, 6) is -0.622. The van der Waals surface area contributed by atoms with Gasteiger partial charge in [-0.3, -0.25) is 0 Å². The molecule has 0 fully saturated rings. The average molecular weight is 347 g/mol. The van der Waals surface area contributed by atoms with Crippen molar-refractivity contribution >= 4 is 6.03 Å². The second-order valence-electron chi connectivity index (χ2n) is 6.16. The maximum absolute atomic E-state index is 13.4. The zero-order valence-electron chi connectivity index (χ0n) is 14.6. The van der Waals surface area contributed by atoms with Gasteiger partial charge in [-0.15, -0.1) is 0 Å². The lowest BCUT2D eigenvalue weighted by molar-refractivity contribution is 0.230. The topological polar surface area (TPSA) is 44.4 Å². The molecule has 0 saturated carbocycles. The lowest BCUT2D eigenvalue weighted by Gasteiger charge is -2.25. The Morgan fingerprint density at radius 3 is 2.32 bits per heavy atom. The number of amides is 2. The highest BCUT2D eigenvalue weighted by Gasteiger charge is 2.17. The number of nitrogens with one attached hydrogen (secondary N) is 2. The summed E-state index contributed by atoms with van der Waals surface area (Å²) in [7, 11) is 3.74. The highest BCUT2D eigenvalue weighted by Crippen LogP contribution is 2.18. The number of hydrogen-bond donors (Lipinski definition) is 2. The molecule has 134 valence electrons. The van der Waals surface area contributed by atoms with E-state index in [0.29, 0.717) is 6.54 Å². The van der Waals surface area contributed by atoms with Crippen molar-refractivity contribution in [2.75, 3.05) is 20.6 Å². The molecular formula is C19H23F2N3O. The first-order valence-corrected chi connectivity index (χ1v) is 8.08. The molecule has 2 aromatic rings. The van der Waals surface area contributed by atoms with E-state index in [1.807, 2.05) is 32.0 Å². The molecule has 2 unspecified atom stereocenters. The molecule has 0 radical (unpaired) electrons. The molecule has 6 heteroatoms. The minimum absolute atomic E-state index is 0.150. The van der Waals surface area contributed by atoms with Crippen LogP contribution in [0.15, 0.2) is 48.5 Å². The fraction of sp³-hybridized carbons (Fsp3) is 0.316. The molecular weight excluding hydrogens is 324 g/mol. The number of nitrogens with zero attached hydrogens (tertiary/aromatic N) is 1. The third kappa shape index (κ3) is 5.53. The third-order valence-electron chi connectivity index (χ3n) is 4.03. The van der Waals surface area contributed by atoms with Gasteiger partial charge >= 0.3 is 6.03 Å². The minimum Gasteiger partial charge on any atom is -0.336 e. The maximum Gasteiger partial charge on any atom is 0.315 e. The predicted molar refractivity (Wildman–Crippen MR) is 94.2 cm³/mol. The zero-order valence-corrected chi connectivity index (χ0v) is 14.6. The van der Waals surface area contributed by atoms with Crippen molar-refractivity contribution in [2.45, 2.75) is 19.0 Å². The summed E-state index contributed by atoms with van der Waals surface area (Å²) in [5, 5.41) is 5.61. The summed E-state index contributed by atoms with van der Waals surface area (Å²) in [6.07, 6.45) is 0. The van der Waals surface area contributed by atoms with E-state index in [0.717, 1.165) is 11.1 Å². The highest BCUT2D eigenvalue weighted by molar-refractivity contribution is 5.74. The SMILES string of the molecule is CC(NC(=O)NCC(c1cccc(F)c1)N(C)C)c1ccc(F)cc1. The fourth-order valence-corrected chi connectivity index (χ4v) is 2.58. The molecule has 2 atom stereocenters. The van der Waals surface area contributed by atoms with Crippen molar-refractivity contribution in [2.24, 2.45) is 0 Å². The monoisotopic (exact) mass is 347 g/mol. The summed E-state index contributed by atoms with van der Waals surface area (Å²) >= 11 is 0. The molecule has 0 aliphatic carbocycles. The molecule has 0 spiro atoms. The van der Waals surface area contributed by atoms with Gasteiger partial charge in [0.2, 0.25) is 0 Å². The van der Waals surface area contributed by atoms with E-state index < -0.39 is 0 Å². The largest absolute Gasteiger partial charge is 0.336 e. The van der Waals surface area contributed by atoms with Gasteiger partial charge in [0.25, 0.3) is 0 Å². The van der Waals surface area contributed by atoms with Gasteiger partial charge < -0.3 is 15.5 Å². The number of likely N-dealkylation sites (N-methyl/N-ethyl adjacent to an activating group) is 1. The van der Waals surface area contributed by atoms with Crippen LogP contribution in [0.5, 0.6) is 0 Å². The van der Waals surface area contributed by atoms with E-state index in [-0.39, 0.29) is 29.7 Å². The number of benzene rings is 2. The summed E-state index contributed by atoms with van der Waals surface area (Å²) in [4.78, 5) is 14.0. The Hall–Kier alpha value is -2.47. The van der Waals surface area contributed by atoms with Crippen LogP contribution in [0.2, 0.25) is 0 Å². The van der Waals surface area contributed by atoms with Crippen LogP contribution in [0.4, 0.5) is 13.6 Å². The van der Waals surface area contributed by atoms with Crippen LogP contribution in [0, 0.1) is 11.6 Å². The standard InChI is InChI=1S/C19H23F2N3O/c1-13(14-7-9-16(20)10-8-14)23-19(25)22-12-18(24(2)3)15-5-4-6-17(21)11-15/h4-11,13,18H,12H2,1-3H3,(H2,22,23,25). The third-order valence-corrected chi connectivity index (χ3v) is 4.03. The summed E-state index contributed by atoms with van der Waals surface area (Å²) in [6.45, 7) is 2.15. The number of halogens is 2. The second-order valence-corrected chi connectivity index (χ2v) is 6.16. The van der Waals surface area contributed by atoms with Crippen LogP contribution in [-0.2, 0) is 0 Å². The Morgan fingerprint density at radius 2 is 1.72 bits per heavy atom. The van der Waals surface area contributed by atoms with Crippen LogP contribution < -0.4 is 10.6 Å². The molecule has 0 aliphatic heterocycles. The summed E-state index contributed by atoms with van der Waals surface area (Å²) in [6, 6.07) is 11.6. The van der Waals surface area contributed by atoms with E-state index in [1.165, 1.54) is 24.3 Å². The molecule has 2 amide bonds. The number of rotatable bonds is 6. The second kappa shape index (κ2) is 8.58. The van der Waals surface area contributed by atoms with Crippen molar-refractivity contribution in [3.05, 3.63) is 71.3 Å². The maximum atomic E-state index is 13.4. The van der Waals surface area contributed by atoms with Crippen molar-refractivity contribution in [1.82, 2.24) is 15.5 Å². The Bertz CT molecular complexity index is 704. The van der Waals surface area contributed by atoms with Crippen molar-refractivity contribution < 1.29 is 13.6 Å². The van der Waals surface area contributed by atoms with Gasteiger partial charge in [-0.05, 0) is 56.4 Å². The Labute approximate surface area is 146 Å². The molecule has 25 heavy (non-hydrogen) atoms. The van der Waals surface area contributed by atoms with E-state index >= 15 is 0 Å². The lowest BCUT2D eigenvalue weighted by atomic mass is 10.1. The first kappa shape index (κ1) is 18.9. The average Bonchev–Trinajstić information content (AvgIpc) is 2.55. The first-order valence-electron chi connectivity index (χ1n) is 8.08. The number of carbonyl (C=O) groups excluding carboxylic acids is 1. The molecule has 0 aliphatic rings. The van der Waals surface area contributed by atoms with Crippen LogP contribution >= 0.6 is 0 Å². The quantitative estimate of drug-likeness (QED) is 0.838. The summed E-state index contributed by atoms with van der Waals surface area (Å²) < 4.78 is 26.4. The Morgan fingerprint density at radius 1 is 1.04 bits per heavy atom. The fourth-order valence-electron chi connectivity index (χ4n) is 2.58. The van der Waals surface area contributed by atoms with Crippen LogP contribution in [0.3, 0.4) is 0 Å². The summed E-state index contributed by atoms with van der Waals surface area (Å²) in [5.41, 5.74) is 1.60. The number of urea groups is 1. The van der Waals surface area contributed by atoms with Crippen molar-refractivity contribution in [1.29, 1.82) is 0 Å². The van der Waals surface area contributed by atoms with Crippen LogP contribution in [-0.4, -0.2) is 31.6 Å². The molecule has 2 N–H and O–H groups in total. The van der Waals surface area contributed by atoms with Crippen LogP contribution in [0.25, 0.3) is 0 Å². The van der Waals surface area contributed by atoms with Gasteiger partial charge in [-0.1, -0.05) is 24.3 Å². The molecule has 0 saturated heterocycles. The van der Waals surface area contributed by atoms with E-state index in [9.17, 15) is 13.6 Å². The number of hydrogen-bond acceptors (Lipinski definition) is 2. The Balaban J connectivity index is 1.93.